The molecule has 1 aromatic heterocycles. The zero-order chi connectivity index (χ0) is 24.1. The zero-order valence-corrected chi connectivity index (χ0v) is 20.9. The molecule has 0 aliphatic carbocycles. The van der Waals surface area contributed by atoms with Gasteiger partial charge in [-0.1, -0.05) is 26.0 Å². The van der Waals surface area contributed by atoms with Crippen molar-refractivity contribution in [3.8, 4) is 0 Å². The van der Waals surface area contributed by atoms with E-state index in [0.717, 1.165) is 69.0 Å². The van der Waals surface area contributed by atoms with Gasteiger partial charge in [0.15, 0.2) is 0 Å². The summed E-state index contributed by atoms with van der Waals surface area (Å²) in [6, 6.07) is 12.6. The fourth-order valence-electron chi connectivity index (χ4n) is 4.78. The fraction of sp³-hybridized carbons (Fsp3) is 0.519. The van der Waals surface area contributed by atoms with Gasteiger partial charge in [-0.15, -0.1) is 0 Å². The average molecular weight is 465 g/mol. The molecule has 1 aromatic carbocycles. The van der Waals surface area contributed by atoms with Crippen molar-refractivity contribution in [1.82, 2.24) is 14.9 Å². The number of benzene rings is 1. The molecule has 0 radical (unpaired) electrons. The van der Waals surface area contributed by atoms with Crippen LogP contribution in [0.1, 0.15) is 43.5 Å². The number of hydrazine groups is 1. The Bertz CT molecular complexity index is 958. The quantitative estimate of drug-likeness (QED) is 0.480. The lowest BCUT2D eigenvalue weighted by Crippen LogP contribution is -2.46. The van der Waals surface area contributed by atoms with Crippen molar-refractivity contribution in [2.75, 3.05) is 44.2 Å². The van der Waals surface area contributed by atoms with E-state index in [2.05, 4.69) is 65.9 Å². The monoisotopic (exact) mass is 464 g/mol. The molecule has 1 unspecified atom stereocenters. The van der Waals surface area contributed by atoms with Gasteiger partial charge in [0.05, 0.1) is 30.6 Å². The Balaban J connectivity index is 1.31. The predicted molar refractivity (Wildman–Crippen MR) is 139 cm³/mol. The molecule has 2 aliphatic heterocycles. The van der Waals surface area contributed by atoms with Gasteiger partial charge in [-0.3, -0.25) is 9.88 Å². The number of aryl methyl sites for hydroxylation is 1. The summed E-state index contributed by atoms with van der Waals surface area (Å²) in [4.78, 5) is 9.37. The topological polar surface area (TPSA) is 83.9 Å². The molecule has 0 saturated carbocycles. The number of hydrogen-bond donors (Lipinski definition) is 2. The minimum Gasteiger partial charge on any atom is -0.397 e. The zero-order valence-electron chi connectivity index (χ0n) is 20.9. The highest BCUT2D eigenvalue weighted by molar-refractivity contribution is 5.68. The van der Waals surface area contributed by atoms with Crippen molar-refractivity contribution in [2.45, 2.75) is 46.3 Å². The van der Waals surface area contributed by atoms with Gasteiger partial charge in [0.2, 0.25) is 0 Å². The van der Waals surface area contributed by atoms with Crippen molar-refractivity contribution >= 4 is 11.4 Å². The maximum absolute atomic E-state index is 6.44. The van der Waals surface area contributed by atoms with Crippen LogP contribution in [-0.2, 0) is 11.3 Å². The fourth-order valence-corrected chi connectivity index (χ4v) is 4.78. The molecule has 2 saturated heterocycles. The molecule has 4 rings (SSSR count). The van der Waals surface area contributed by atoms with Crippen molar-refractivity contribution in [1.29, 1.82) is 0 Å². The first-order chi connectivity index (χ1) is 16.3. The van der Waals surface area contributed by atoms with Gasteiger partial charge in [-0.05, 0) is 55.0 Å². The number of anilines is 1. The number of piperazine rings is 1. The van der Waals surface area contributed by atoms with Gasteiger partial charge in [-0.2, -0.15) is 0 Å². The highest BCUT2D eigenvalue weighted by Crippen LogP contribution is 2.30. The Kier molecular flexibility index (Phi) is 7.76. The van der Waals surface area contributed by atoms with E-state index in [-0.39, 0.29) is 11.5 Å². The molecule has 0 bridgehead atoms. The standard InChI is InChI=1S/C27H40N6O/c1-21-16-23(32-14-12-31(13-15-32)17-22-6-4-5-11-30-22)7-8-25(21)26(28)19-33(29)18-24-9-10-27(2,3)20-34-24/h4-8,11,16,19,24H,9-10,12-15,17-18,20,28-29H2,1-3H3/b26-19-. The Morgan fingerprint density at radius 1 is 1.21 bits per heavy atom. The van der Waals surface area contributed by atoms with Crippen LogP contribution in [0.2, 0.25) is 0 Å². The smallest absolute Gasteiger partial charge is 0.0765 e. The number of ether oxygens (including phenoxy) is 1. The molecule has 7 heteroatoms. The third-order valence-corrected chi connectivity index (χ3v) is 6.94. The summed E-state index contributed by atoms with van der Waals surface area (Å²) in [5, 5.41) is 1.67. The first-order valence-electron chi connectivity index (χ1n) is 12.4. The predicted octanol–water partition coefficient (Wildman–Crippen LogP) is 3.35. The molecule has 7 nitrogen and oxygen atoms in total. The van der Waals surface area contributed by atoms with Gasteiger partial charge < -0.3 is 20.4 Å². The average Bonchev–Trinajstić information content (AvgIpc) is 2.81. The minimum absolute atomic E-state index is 0.155. The van der Waals surface area contributed by atoms with Gasteiger partial charge >= 0.3 is 0 Å². The molecule has 1 atom stereocenters. The lowest BCUT2D eigenvalue weighted by atomic mass is 9.85. The molecule has 184 valence electrons. The molecule has 0 spiro atoms. The second-order valence-corrected chi connectivity index (χ2v) is 10.5. The van der Waals surface area contributed by atoms with Crippen molar-refractivity contribution in [3.63, 3.8) is 0 Å². The maximum Gasteiger partial charge on any atom is 0.0765 e. The van der Waals surface area contributed by atoms with E-state index in [9.17, 15) is 0 Å². The van der Waals surface area contributed by atoms with Crippen LogP contribution < -0.4 is 16.5 Å². The van der Waals surface area contributed by atoms with E-state index in [1.165, 1.54) is 5.69 Å². The summed E-state index contributed by atoms with van der Waals surface area (Å²) in [7, 11) is 0. The summed E-state index contributed by atoms with van der Waals surface area (Å²) in [6.07, 6.45) is 6.04. The van der Waals surface area contributed by atoms with Crippen LogP contribution in [0.3, 0.4) is 0 Å². The van der Waals surface area contributed by atoms with E-state index >= 15 is 0 Å². The highest BCUT2D eigenvalue weighted by atomic mass is 16.5. The van der Waals surface area contributed by atoms with Crippen LogP contribution in [0.15, 0.2) is 48.8 Å². The number of aromatic nitrogens is 1. The van der Waals surface area contributed by atoms with Crippen LogP contribution in [0.25, 0.3) is 5.70 Å². The van der Waals surface area contributed by atoms with Gasteiger partial charge in [0, 0.05) is 56.4 Å². The first-order valence-corrected chi connectivity index (χ1v) is 12.4. The first kappa shape index (κ1) is 24.5. The second kappa shape index (κ2) is 10.8. The number of rotatable bonds is 7. The Labute approximate surface area is 204 Å². The van der Waals surface area contributed by atoms with E-state index < -0.39 is 0 Å². The lowest BCUT2D eigenvalue weighted by molar-refractivity contribution is -0.0565. The largest absolute Gasteiger partial charge is 0.397 e. The van der Waals surface area contributed by atoms with E-state index in [1.807, 2.05) is 18.5 Å². The van der Waals surface area contributed by atoms with Crippen LogP contribution in [0.4, 0.5) is 5.69 Å². The minimum atomic E-state index is 0.155. The molecule has 0 amide bonds. The Morgan fingerprint density at radius 3 is 2.65 bits per heavy atom. The summed E-state index contributed by atoms with van der Waals surface area (Å²) in [6.45, 7) is 13.0. The SMILES string of the molecule is Cc1cc(N2CCN(Cc3ccccn3)CC2)ccc1/C(N)=C/N(N)CC1CCC(C)(C)CO1. The molecule has 3 heterocycles. The molecule has 2 aliphatic rings. The molecule has 34 heavy (non-hydrogen) atoms. The molecule has 2 fully saturated rings. The summed E-state index contributed by atoms with van der Waals surface area (Å²) < 4.78 is 5.99. The summed E-state index contributed by atoms with van der Waals surface area (Å²) in [5.74, 6) is 6.26. The maximum atomic E-state index is 6.44. The highest BCUT2D eigenvalue weighted by Gasteiger charge is 2.28. The third kappa shape index (κ3) is 6.50. The molecular weight excluding hydrogens is 424 g/mol. The van der Waals surface area contributed by atoms with Gasteiger partial charge in [0.1, 0.15) is 0 Å². The van der Waals surface area contributed by atoms with Crippen LogP contribution in [0.5, 0.6) is 0 Å². The summed E-state index contributed by atoms with van der Waals surface area (Å²) in [5.41, 5.74) is 11.9. The number of hydrogen-bond acceptors (Lipinski definition) is 7. The van der Waals surface area contributed by atoms with Gasteiger partial charge in [0.25, 0.3) is 0 Å². The Hall–Kier alpha value is -2.61. The molecule has 4 N–H and O–H groups in total. The number of nitrogens with two attached hydrogens (primary N) is 2. The normalized spacial score (nSPS) is 21.5. The number of pyridine rings is 1. The molecule has 2 aromatic rings. The van der Waals surface area contributed by atoms with E-state index in [1.54, 1.807) is 5.01 Å². The van der Waals surface area contributed by atoms with E-state index in [0.29, 0.717) is 12.2 Å². The van der Waals surface area contributed by atoms with E-state index in [4.69, 9.17) is 16.3 Å². The van der Waals surface area contributed by atoms with Gasteiger partial charge in [-0.25, -0.2) is 5.84 Å². The Morgan fingerprint density at radius 2 is 2.00 bits per heavy atom. The van der Waals surface area contributed by atoms with Crippen LogP contribution in [0, 0.1) is 12.3 Å². The lowest BCUT2D eigenvalue weighted by Gasteiger charge is -2.36. The summed E-state index contributed by atoms with van der Waals surface area (Å²) >= 11 is 0. The van der Waals surface area contributed by atoms with Crippen molar-refractivity contribution < 1.29 is 4.74 Å². The van der Waals surface area contributed by atoms with Crippen LogP contribution >= 0.6 is 0 Å². The number of nitrogens with zero attached hydrogens (tertiary/aromatic N) is 4. The van der Waals surface area contributed by atoms with Crippen molar-refractivity contribution in [3.05, 3.63) is 65.6 Å². The molecular formula is C27H40N6O. The van der Waals surface area contributed by atoms with Crippen LogP contribution in [-0.4, -0.2) is 60.3 Å². The second-order valence-electron chi connectivity index (χ2n) is 10.5. The third-order valence-electron chi connectivity index (χ3n) is 6.94. The van der Waals surface area contributed by atoms with Crippen molar-refractivity contribution in [2.24, 2.45) is 17.0 Å².